The molecule has 1 aromatic carbocycles. The Kier molecular flexibility index (Phi) is 6.18. The van der Waals surface area contributed by atoms with Gasteiger partial charge in [0.2, 0.25) is 0 Å². The fourth-order valence-electron chi connectivity index (χ4n) is 4.08. The van der Waals surface area contributed by atoms with Crippen LogP contribution in [-0.4, -0.2) is 12.1 Å². The van der Waals surface area contributed by atoms with Crippen LogP contribution in [0, 0.1) is 6.92 Å². The highest BCUT2D eigenvalue weighted by Gasteiger charge is 2.25. The predicted molar refractivity (Wildman–Crippen MR) is 113 cm³/mol. The van der Waals surface area contributed by atoms with E-state index in [0.29, 0.717) is 0 Å². The first-order valence-corrected chi connectivity index (χ1v) is 10.4. The number of aromatic nitrogens is 1. The molecule has 2 nitrogen and oxygen atoms in total. The van der Waals surface area contributed by atoms with Crippen molar-refractivity contribution in [1.82, 2.24) is 4.98 Å². The number of pyridine rings is 1. The molecular formula is C23H28BrNO. The molecule has 1 aliphatic carbocycles. The number of hydrogen-bond acceptors (Lipinski definition) is 2. The number of nitrogens with zero attached hydrogens (tertiary/aromatic N) is 1. The van der Waals surface area contributed by atoms with Crippen molar-refractivity contribution in [3.05, 3.63) is 62.4 Å². The maximum atomic E-state index is 5.85. The molecule has 1 aliphatic rings. The van der Waals surface area contributed by atoms with Gasteiger partial charge in [0.25, 0.3) is 0 Å². The van der Waals surface area contributed by atoms with Crippen LogP contribution in [0.3, 0.4) is 0 Å². The van der Waals surface area contributed by atoms with Crippen LogP contribution in [-0.2, 0) is 12.8 Å². The number of methoxy groups -OCH3 is 1. The minimum Gasteiger partial charge on any atom is -0.496 e. The number of rotatable bonds is 5. The van der Waals surface area contributed by atoms with Crippen molar-refractivity contribution in [2.24, 2.45) is 0 Å². The first-order valence-electron chi connectivity index (χ1n) is 9.63. The molecule has 0 N–H and O–H groups in total. The second-order valence-electron chi connectivity index (χ2n) is 7.14. The molecule has 2 aromatic rings. The normalized spacial score (nSPS) is 13.0. The third-order valence-corrected chi connectivity index (χ3v) is 5.52. The molecular weight excluding hydrogens is 386 g/mol. The molecule has 26 heavy (non-hydrogen) atoms. The first kappa shape index (κ1) is 19.2. The van der Waals surface area contributed by atoms with Crippen molar-refractivity contribution in [2.75, 3.05) is 7.11 Å². The zero-order valence-electron chi connectivity index (χ0n) is 16.3. The SMILES string of the molecule is CCCC(CCC)=C1c2ncc(Br)cc2CCc2cc(C)cc(OC)c21. The van der Waals surface area contributed by atoms with Crippen LogP contribution >= 0.6 is 15.9 Å². The van der Waals surface area contributed by atoms with Crippen LogP contribution in [0.25, 0.3) is 5.57 Å². The highest BCUT2D eigenvalue weighted by Crippen LogP contribution is 2.42. The predicted octanol–water partition coefficient (Wildman–Crippen LogP) is 6.66. The van der Waals surface area contributed by atoms with Crippen molar-refractivity contribution in [2.45, 2.75) is 59.3 Å². The van der Waals surface area contributed by atoms with Gasteiger partial charge in [0.05, 0.1) is 12.8 Å². The molecule has 3 heteroatoms. The van der Waals surface area contributed by atoms with E-state index in [4.69, 9.17) is 9.72 Å². The molecule has 0 bridgehead atoms. The summed E-state index contributed by atoms with van der Waals surface area (Å²) in [6.07, 6.45) is 8.47. The van der Waals surface area contributed by atoms with E-state index in [1.165, 1.54) is 33.4 Å². The fourth-order valence-corrected chi connectivity index (χ4v) is 4.45. The van der Waals surface area contributed by atoms with Gasteiger partial charge in [-0.3, -0.25) is 4.98 Å². The van der Waals surface area contributed by atoms with Gasteiger partial charge in [-0.05, 0) is 77.4 Å². The summed E-state index contributed by atoms with van der Waals surface area (Å²) in [5.41, 5.74) is 9.21. The number of hydrogen-bond donors (Lipinski definition) is 0. The molecule has 0 amide bonds. The van der Waals surface area contributed by atoms with Gasteiger partial charge in [-0.25, -0.2) is 0 Å². The Hall–Kier alpha value is -1.61. The number of halogens is 1. The Morgan fingerprint density at radius 2 is 1.77 bits per heavy atom. The molecule has 0 spiro atoms. The molecule has 0 aliphatic heterocycles. The Labute approximate surface area is 165 Å². The number of aryl methyl sites for hydroxylation is 3. The fraction of sp³-hybridized carbons (Fsp3) is 0.435. The van der Waals surface area contributed by atoms with Gasteiger partial charge in [0.15, 0.2) is 0 Å². The van der Waals surface area contributed by atoms with Gasteiger partial charge >= 0.3 is 0 Å². The molecule has 0 saturated carbocycles. The lowest BCUT2D eigenvalue weighted by atomic mass is 9.88. The van der Waals surface area contributed by atoms with Crippen molar-refractivity contribution < 1.29 is 4.74 Å². The monoisotopic (exact) mass is 413 g/mol. The van der Waals surface area contributed by atoms with E-state index in [1.54, 1.807) is 7.11 Å². The molecule has 138 valence electrons. The summed E-state index contributed by atoms with van der Waals surface area (Å²) in [5, 5.41) is 0. The summed E-state index contributed by atoms with van der Waals surface area (Å²) in [7, 11) is 1.78. The molecule has 0 fully saturated rings. The smallest absolute Gasteiger partial charge is 0.127 e. The van der Waals surface area contributed by atoms with Crippen molar-refractivity contribution in [3.8, 4) is 5.75 Å². The van der Waals surface area contributed by atoms with Gasteiger partial charge < -0.3 is 4.74 Å². The molecule has 0 unspecified atom stereocenters. The number of allylic oxidation sites excluding steroid dienone is 1. The van der Waals surface area contributed by atoms with E-state index in [-0.39, 0.29) is 0 Å². The van der Waals surface area contributed by atoms with Crippen LogP contribution in [0.1, 0.15) is 67.5 Å². The van der Waals surface area contributed by atoms with Crippen LogP contribution in [0.4, 0.5) is 0 Å². The number of benzene rings is 1. The van der Waals surface area contributed by atoms with Gasteiger partial charge in [-0.1, -0.05) is 38.3 Å². The molecule has 0 radical (unpaired) electrons. The van der Waals surface area contributed by atoms with Crippen molar-refractivity contribution >= 4 is 21.5 Å². The van der Waals surface area contributed by atoms with Gasteiger partial charge in [0, 0.05) is 21.8 Å². The average molecular weight is 414 g/mol. The van der Waals surface area contributed by atoms with E-state index in [9.17, 15) is 0 Å². The van der Waals surface area contributed by atoms with E-state index in [2.05, 4.69) is 54.9 Å². The average Bonchev–Trinajstić information content (AvgIpc) is 2.77. The summed E-state index contributed by atoms with van der Waals surface area (Å²) >= 11 is 3.61. The largest absolute Gasteiger partial charge is 0.496 e. The maximum Gasteiger partial charge on any atom is 0.127 e. The summed E-state index contributed by atoms with van der Waals surface area (Å²) in [5.74, 6) is 0.984. The lowest BCUT2D eigenvalue weighted by Gasteiger charge is -2.20. The van der Waals surface area contributed by atoms with Gasteiger partial charge in [0.1, 0.15) is 5.75 Å². The highest BCUT2D eigenvalue weighted by molar-refractivity contribution is 9.10. The summed E-state index contributed by atoms with van der Waals surface area (Å²) in [6, 6.07) is 6.73. The van der Waals surface area contributed by atoms with Crippen molar-refractivity contribution in [1.29, 1.82) is 0 Å². The van der Waals surface area contributed by atoms with Crippen LogP contribution in [0.5, 0.6) is 5.75 Å². The van der Waals surface area contributed by atoms with Crippen molar-refractivity contribution in [3.63, 3.8) is 0 Å². The summed E-state index contributed by atoms with van der Waals surface area (Å²) in [4.78, 5) is 4.88. The van der Waals surface area contributed by atoms with E-state index in [1.807, 2.05) is 6.20 Å². The van der Waals surface area contributed by atoms with E-state index < -0.39 is 0 Å². The van der Waals surface area contributed by atoms with Gasteiger partial charge in [-0.2, -0.15) is 0 Å². The molecule has 1 heterocycles. The first-order chi connectivity index (χ1) is 12.6. The lowest BCUT2D eigenvalue weighted by molar-refractivity contribution is 0.412. The Balaban J connectivity index is 2.37. The highest BCUT2D eigenvalue weighted by atomic mass is 79.9. The van der Waals surface area contributed by atoms with E-state index >= 15 is 0 Å². The van der Waals surface area contributed by atoms with Crippen LogP contribution in [0.15, 0.2) is 34.4 Å². The third kappa shape index (κ3) is 3.73. The number of fused-ring (bicyclic) bond motifs is 2. The Morgan fingerprint density at radius 1 is 1.08 bits per heavy atom. The minimum atomic E-state index is 0.984. The second kappa shape index (κ2) is 8.39. The van der Waals surface area contributed by atoms with E-state index in [0.717, 1.165) is 54.4 Å². The minimum absolute atomic E-state index is 0.984. The molecule has 1 aromatic heterocycles. The molecule has 3 rings (SSSR count). The zero-order chi connectivity index (χ0) is 18.7. The Morgan fingerprint density at radius 3 is 2.42 bits per heavy atom. The summed E-state index contributed by atoms with van der Waals surface area (Å²) in [6.45, 7) is 6.67. The third-order valence-electron chi connectivity index (χ3n) is 5.09. The topological polar surface area (TPSA) is 22.1 Å². The maximum absolute atomic E-state index is 5.85. The molecule has 0 atom stereocenters. The zero-order valence-corrected chi connectivity index (χ0v) is 17.9. The summed E-state index contributed by atoms with van der Waals surface area (Å²) < 4.78 is 6.91. The van der Waals surface area contributed by atoms with Crippen LogP contribution < -0.4 is 4.74 Å². The quantitative estimate of drug-likeness (QED) is 0.546. The molecule has 0 saturated heterocycles. The lowest BCUT2D eigenvalue weighted by Crippen LogP contribution is -2.03. The standard InChI is InChI=1S/C23H28BrNO/c1-5-7-16(8-6-2)22-21-17(11-15(3)12-20(21)26-4)9-10-18-13-19(24)14-25-23(18)22/h11-14H,5-10H2,1-4H3. The van der Waals surface area contributed by atoms with Crippen LogP contribution in [0.2, 0.25) is 0 Å². The Bertz CT molecular complexity index is 830. The second-order valence-corrected chi connectivity index (χ2v) is 8.06. The number of ether oxygens (including phenoxy) is 1. The van der Waals surface area contributed by atoms with Gasteiger partial charge in [-0.15, -0.1) is 0 Å².